The first-order valence-electron chi connectivity index (χ1n) is 7.76. The monoisotopic (exact) mass is 347 g/mol. The fraction of sp³-hybridized carbons (Fsp3) is 0.857. The van der Waals surface area contributed by atoms with E-state index in [9.17, 15) is 23.1 Å². The molecule has 0 radical (unpaired) electrons. The topological polar surface area (TPSA) is 98.0 Å². The van der Waals surface area contributed by atoms with Gasteiger partial charge in [-0.3, -0.25) is 9.69 Å². The third-order valence-electron chi connectivity index (χ3n) is 4.66. The Morgan fingerprint density at radius 1 is 1.26 bits per heavy atom. The number of carbonyl (C=O) groups is 2. The predicted molar refractivity (Wildman–Crippen MR) is 84.0 cm³/mol. The van der Waals surface area contributed by atoms with Crippen LogP contribution in [-0.2, 0) is 19.6 Å². The van der Waals surface area contributed by atoms with Gasteiger partial charge in [-0.2, -0.15) is 4.31 Å². The minimum Gasteiger partial charge on any atom is -0.480 e. The van der Waals surface area contributed by atoms with Crippen molar-refractivity contribution >= 4 is 21.9 Å². The van der Waals surface area contributed by atoms with Crippen LogP contribution in [0.4, 0.5) is 0 Å². The number of carboxylic acids is 1. The number of amides is 1. The molecule has 132 valence electrons. The van der Waals surface area contributed by atoms with E-state index < -0.39 is 33.3 Å². The first-order valence-corrected chi connectivity index (χ1v) is 9.26. The molecule has 4 atom stereocenters. The normalized spacial score (nSPS) is 29.5. The quantitative estimate of drug-likeness (QED) is 0.649. The lowest BCUT2D eigenvalue weighted by atomic mass is 10.0. The third-order valence-corrected chi connectivity index (χ3v) is 6.90. The van der Waals surface area contributed by atoms with Crippen LogP contribution in [0.3, 0.4) is 0 Å². The summed E-state index contributed by atoms with van der Waals surface area (Å²) in [5, 5.41) is 8.82. The summed E-state index contributed by atoms with van der Waals surface area (Å²) in [6.45, 7) is 4.47. The maximum absolute atomic E-state index is 12.5. The van der Waals surface area contributed by atoms with Crippen LogP contribution in [0, 0.1) is 11.8 Å². The molecule has 1 N–H and O–H groups in total. The van der Waals surface area contributed by atoms with Gasteiger partial charge in [-0.1, -0.05) is 13.8 Å². The number of nitrogens with zero attached hydrogens (tertiary/aromatic N) is 3. The van der Waals surface area contributed by atoms with E-state index in [-0.39, 0.29) is 18.4 Å². The summed E-state index contributed by atoms with van der Waals surface area (Å²) in [6.07, 6.45) is 0.434. The lowest BCUT2D eigenvalue weighted by molar-refractivity contribution is -0.152. The average Bonchev–Trinajstić information content (AvgIpc) is 2.99. The van der Waals surface area contributed by atoms with Crippen molar-refractivity contribution in [1.29, 1.82) is 0 Å². The Labute approximate surface area is 137 Å². The molecule has 2 aliphatic heterocycles. The molecule has 23 heavy (non-hydrogen) atoms. The number of sulfonamides is 1. The summed E-state index contributed by atoms with van der Waals surface area (Å²) in [5.41, 5.74) is 0. The average molecular weight is 347 g/mol. The van der Waals surface area contributed by atoms with E-state index in [1.165, 1.54) is 16.3 Å². The smallest absolute Gasteiger partial charge is 0.326 e. The summed E-state index contributed by atoms with van der Waals surface area (Å²) >= 11 is 0. The molecule has 8 nitrogen and oxygen atoms in total. The fourth-order valence-electron chi connectivity index (χ4n) is 3.18. The van der Waals surface area contributed by atoms with E-state index in [0.29, 0.717) is 19.5 Å². The van der Waals surface area contributed by atoms with E-state index >= 15 is 0 Å². The van der Waals surface area contributed by atoms with Crippen LogP contribution < -0.4 is 0 Å². The van der Waals surface area contributed by atoms with Crippen LogP contribution in [0.1, 0.15) is 20.3 Å². The second kappa shape index (κ2) is 6.37. The summed E-state index contributed by atoms with van der Waals surface area (Å²) in [5.74, 6) is -2.03. The van der Waals surface area contributed by atoms with Crippen LogP contribution in [0.5, 0.6) is 0 Å². The van der Waals surface area contributed by atoms with Crippen LogP contribution in [0.15, 0.2) is 0 Å². The minimum absolute atomic E-state index is 0.139. The van der Waals surface area contributed by atoms with Crippen molar-refractivity contribution in [1.82, 2.24) is 14.1 Å². The Bertz CT molecular complexity index is 591. The van der Waals surface area contributed by atoms with Gasteiger partial charge in [0.25, 0.3) is 0 Å². The van der Waals surface area contributed by atoms with Crippen LogP contribution in [0.2, 0.25) is 0 Å². The molecule has 0 bridgehead atoms. The lowest BCUT2D eigenvalue weighted by Gasteiger charge is -2.29. The van der Waals surface area contributed by atoms with Crippen molar-refractivity contribution in [2.75, 3.05) is 33.7 Å². The second-order valence-corrected chi connectivity index (χ2v) is 8.85. The van der Waals surface area contributed by atoms with Crippen molar-refractivity contribution in [2.45, 2.75) is 31.7 Å². The Kier molecular flexibility index (Phi) is 5.03. The van der Waals surface area contributed by atoms with Crippen LogP contribution in [0.25, 0.3) is 0 Å². The molecule has 0 aliphatic carbocycles. The molecular formula is C14H25N3O5S. The molecule has 2 aliphatic rings. The van der Waals surface area contributed by atoms with Gasteiger partial charge in [0, 0.05) is 26.7 Å². The van der Waals surface area contributed by atoms with Gasteiger partial charge in [-0.15, -0.1) is 0 Å². The van der Waals surface area contributed by atoms with E-state index in [4.69, 9.17) is 0 Å². The van der Waals surface area contributed by atoms with Crippen molar-refractivity contribution in [3.63, 3.8) is 0 Å². The van der Waals surface area contributed by atoms with Gasteiger partial charge in [-0.05, 0) is 19.4 Å². The lowest BCUT2D eigenvalue weighted by Crippen LogP contribution is -2.48. The molecule has 0 aromatic carbocycles. The Morgan fingerprint density at radius 3 is 2.26 bits per heavy atom. The van der Waals surface area contributed by atoms with E-state index in [0.717, 1.165) is 0 Å². The molecule has 2 heterocycles. The fourth-order valence-corrected chi connectivity index (χ4v) is 5.15. The van der Waals surface area contributed by atoms with Gasteiger partial charge < -0.3 is 10.0 Å². The van der Waals surface area contributed by atoms with E-state index in [1.807, 2.05) is 0 Å². The highest BCUT2D eigenvalue weighted by molar-refractivity contribution is 7.90. The molecule has 2 unspecified atom stereocenters. The Balaban J connectivity index is 2.03. The van der Waals surface area contributed by atoms with E-state index in [1.54, 1.807) is 25.8 Å². The van der Waals surface area contributed by atoms with Crippen molar-refractivity contribution < 1.29 is 23.1 Å². The molecule has 0 aromatic rings. The maximum atomic E-state index is 12.5. The Morgan fingerprint density at radius 2 is 1.83 bits per heavy atom. The van der Waals surface area contributed by atoms with Crippen molar-refractivity contribution in [3.8, 4) is 0 Å². The highest BCUT2D eigenvalue weighted by Gasteiger charge is 2.48. The molecule has 2 saturated heterocycles. The van der Waals surface area contributed by atoms with Crippen molar-refractivity contribution in [2.24, 2.45) is 11.8 Å². The van der Waals surface area contributed by atoms with Gasteiger partial charge >= 0.3 is 5.97 Å². The molecule has 9 heteroatoms. The molecule has 2 fully saturated rings. The number of likely N-dealkylation sites (N-methyl/N-ethyl adjacent to an activating group) is 2. The number of rotatable bonds is 6. The number of hydrogen-bond acceptors (Lipinski definition) is 5. The number of aliphatic carboxylic acids is 1. The largest absolute Gasteiger partial charge is 0.480 e. The van der Waals surface area contributed by atoms with Gasteiger partial charge in [0.05, 0.1) is 5.92 Å². The summed E-state index contributed by atoms with van der Waals surface area (Å²) in [4.78, 5) is 26.9. The molecule has 2 rings (SSSR count). The first kappa shape index (κ1) is 18.2. The SMILES string of the molecule is CC(C)C(C(=O)O)N(C)C(=O)[C@H]1CCN(S(=O)(=O)C2C[N@]2C)C1. The van der Waals surface area contributed by atoms with Crippen molar-refractivity contribution in [3.05, 3.63) is 0 Å². The van der Waals surface area contributed by atoms with Crippen LogP contribution >= 0.6 is 0 Å². The molecule has 0 aromatic heterocycles. The van der Waals surface area contributed by atoms with Gasteiger partial charge in [-0.25, -0.2) is 13.2 Å². The zero-order chi connectivity index (χ0) is 17.5. The van der Waals surface area contributed by atoms with Gasteiger partial charge in [0.15, 0.2) is 0 Å². The maximum Gasteiger partial charge on any atom is 0.326 e. The predicted octanol–water partition coefficient (Wildman–Crippen LogP) is -0.523. The zero-order valence-electron chi connectivity index (χ0n) is 14.0. The second-order valence-electron chi connectivity index (χ2n) is 6.76. The standard InChI is InChI=1S/C14H25N3O5S/c1-9(2)12(14(19)20)16(4)13(18)10-5-6-17(7-10)23(21,22)11-8-15(11)3/h9-12H,5-8H2,1-4H3,(H,19,20)/t10-,11?,12?,15-/m0/s1. The zero-order valence-corrected chi connectivity index (χ0v) is 14.8. The molecule has 0 saturated carbocycles. The number of carboxylic acid groups (broad SMARTS) is 1. The summed E-state index contributed by atoms with van der Waals surface area (Å²) in [7, 11) is -0.164. The van der Waals surface area contributed by atoms with Gasteiger partial charge in [0.1, 0.15) is 11.4 Å². The third kappa shape index (κ3) is 3.51. The molecule has 1 amide bonds. The minimum atomic E-state index is -3.39. The van der Waals surface area contributed by atoms with E-state index in [2.05, 4.69) is 0 Å². The summed E-state index contributed by atoms with van der Waals surface area (Å²) < 4.78 is 26.1. The molecular weight excluding hydrogens is 322 g/mol. The highest BCUT2D eigenvalue weighted by atomic mass is 32.2. The van der Waals surface area contributed by atoms with Crippen LogP contribution in [-0.4, -0.2) is 84.7 Å². The number of carbonyl (C=O) groups excluding carboxylic acids is 1. The first-order chi connectivity index (χ1) is 10.6. The number of hydrogen-bond donors (Lipinski definition) is 1. The molecule has 0 spiro atoms. The Hall–Kier alpha value is -1.19. The van der Waals surface area contributed by atoms with Gasteiger partial charge in [0.2, 0.25) is 15.9 Å². The highest BCUT2D eigenvalue weighted by Crippen LogP contribution is 2.29. The summed E-state index contributed by atoms with van der Waals surface area (Å²) in [6, 6.07) is -0.900.